The van der Waals surface area contributed by atoms with Crippen LogP contribution in [-0.2, 0) is 21.2 Å². The zero-order valence-corrected chi connectivity index (χ0v) is 12.7. The van der Waals surface area contributed by atoms with E-state index in [0.717, 1.165) is 11.1 Å². The summed E-state index contributed by atoms with van der Waals surface area (Å²) < 4.78 is 24.3. The first-order valence-electron chi connectivity index (χ1n) is 5.92. The van der Waals surface area contributed by atoms with Gasteiger partial charge in [-0.15, -0.1) is 11.3 Å². The van der Waals surface area contributed by atoms with E-state index in [1.54, 1.807) is 11.3 Å². The van der Waals surface area contributed by atoms with Crippen molar-refractivity contribution in [3.63, 3.8) is 0 Å². The minimum atomic E-state index is -3.43. The molecule has 20 heavy (non-hydrogen) atoms. The van der Waals surface area contributed by atoms with Crippen LogP contribution in [0.1, 0.15) is 17.8 Å². The Morgan fingerprint density at radius 3 is 2.90 bits per heavy atom. The fourth-order valence-electron chi connectivity index (χ4n) is 1.80. The topological polar surface area (TPSA) is 81.1 Å². The van der Waals surface area contributed by atoms with Gasteiger partial charge in [-0.1, -0.05) is 6.07 Å². The van der Waals surface area contributed by atoms with Crippen molar-refractivity contribution in [2.75, 3.05) is 6.26 Å². The number of sulfone groups is 1. The molecule has 108 valence electrons. The van der Waals surface area contributed by atoms with Gasteiger partial charge >= 0.3 is 0 Å². The Morgan fingerprint density at radius 1 is 1.55 bits per heavy atom. The summed E-state index contributed by atoms with van der Waals surface area (Å²) >= 11 is 1.56. The van der Waals surface area contributed by atoms with E-state index < -0.39 is 9.84 Å². The summed E-state index contributed by atoms with van der Waals surface area (Å²) in [4.78, 5) is 16.8. The van der Waals surface area contributed by atoms with Crippen LogP contribution in [0.15, 0.2) is 35.1 Å². The molecule has 8 heteroatoms. The number of hydrogen-bond acceptors (Lipinski definition) is 5. The van der Waals surface area contributed by atoms with Crippen molar-refractivity contribution < 1.29 is 13.2 Å². The van der Waals surface area contributed by atoms with Crippen LogP contribution in [0.3, 0.4) is 0 Å². The van der Waals surface area contributed by atoms with Gasteiger partial charge in [-0.05, 0) is 18.4 Å². The second kappa shape index (κ2) is 5.76. The molecular weight excluding hydrogens is 298 g/mol. The molecule has 0 radical (unpaired) electrons. The van der Waals surface area contributed by atoms with Crippen LogP contribution in [0.4, 0.5) is 0 Å². The lowest BCUT2D eigenvalue weighted by Crippen LogP contribution is -2.30. The van der Waals surface area contributed by atoms with E-state index in [-0.39, 0.29) is 23.7 Å². The molecule has 0 fully saturated rings. The first-order chi connectivity index (χ1) is 9.38. The smallest absolute Gasteiger partial charge is 0.240 e. The number of imidazole rings is 1. The highest BCUT2D eigenvalue weighted by atomic mass is 32.2. The van der Waals surface area contributed by atoms with Crippen LogP contribution in [0, 0.1) is 0 Å². The third kappa shape index (κ3) is 3.45. The van der Waals surface area contributed by atoms with Crippen LogP contribution >= 0.6 is 11.3 Å². The van der Waals surface area contributed by atoms with E-state index in [1.165, 1.54) is 17.0 Å². The van der Waals surface area contributed by atoms with Gasteiger partial charge in [-0.3, -0.25) is 4.79 Å². The lowest BCUT2D eigenvalue weighted by molar-refractivity contribution is -0.122. The molecule has 2 rings (SSSR count). The highest BCUT2D eigenvalue weighted by Gasteiger charge is 2.17. The summed E-state index contributed by atoms with van der Waals surface area (Å²) in [6.45, 7) is 1.81. The highest BCUT2D eigenvalue weighted by molar-refractivity contribution is 7.90. The maximum Gasteiger partial charge on any atom is 0.240 e. The molecule has 2 aromatic rings. The summed E-state index contributed by atoms with van der Waals surface area (Å²) in [7, 11) is -3.43. The molecule has 0 bridgehead atoms. The van der Waals surface area contributed by atoms with E-state index in [1.807, 2.05) is 24.4 Å². The maximum atomic E-state index is 11.9. The van der Waals surface area contributed by atoms with E-state index in [9.17, 15) is 13.2 Å². The first-order valence-corrected chi connectivity index (χ1v) is 8.69. The van der Waals surface area contributed by atoms with E-state index in [4.69, 9.17) is 0 Å². The number of carbonyl (C=O) groups is 1. The third-order valence-electron chi connectivity index (χ3n) is 2.67. The van der Waals surface area contributed by atoms with Crippen LogP contribution in [0.25, 0.3) is 0 Å². The highest BCUT2D eigenvalue weighted by Crippen LogP contribution is 2.18. The van der Waals surface area contributed by atoms with Crippen molar-refractivity contribution in [1.29, 1.82) is 0 Å². The molecule has 0 spiro atoms. The Kier molecular flexibility index (Phi) is 4.24. The van der Waals surface area contributed by atoms with Crippen LogP contribution in [0.2, 0.25) is 0 Å². The second-order valence-electron chi connectivity index (χ2n) is 4.41. The molecule has 0 aliphatic rings. The van der Waals surface area contributed by atoms with Crippen molar-refractivity contribution in [3.05, 3.63) is 34.8 Å². The number of thiophene rings is 1. The van der Waals surface area contributed by atoms with Gasteiger partial charge in [0.15, 0.2) is 0 Å². The molecule has 1 amide bonds. The fourth-order valence-corrected chi connectivity index (χ4v) is 3.33. The van der Waals surface area contributed by atoms with Crippen LogP contribution in [0.5, 0.6) is 0 Å². The predicted molar refractivity (Wildman–Crippen MR) is 76.2 cm³/mol. The monoisotopic (exact) mass is 313 g/mol. The number of hydrogen-bond donors (Lipinski definition) is 1. The summed E-state index contributed by atoms with van der Waals surface area (Å²) in [5, 5.41) is 4.67. The lowest BCUT2D eigenvalue weighted by atomic mass is 10.3. The van der Waals surface area contributed by atoms with E-state index in [2.05, 4.69) is 10.3 Å². The minimum absolute atomic E-state index is 0.0713. The number of amides is 1. The molecule has 1 unspecified atom stereocenters. The number of nitrogens with zero attached hydrogens (tertiary/aromatic N) is 2. The van der Waals surface area contributed by atoms with Gasteiger partial charge in [0.25, 0.3) is 0 Å². The lowest BCUT2D eigenvalue weighted by Gasteiger charge is -2.13. The van der Waals surface area contributed by atoms with Gasteiger partial charge < -0.3 is 9.88 Å². The predicted octanol–water partition coefficient (Wildman–Crippen LogP) is 1.23. The number of carbonyl (C=O) groups excluding carboxylic acids is 1. The van der Waals surface area contributed by atoms with Crippen molar-refractivity contribution >= 4 is 27.1 Å². The number of rotatable bonds is 5. The molecule has 0 aromatic carbocycles. The zero-order valence-electron chi connectivity index (χ0n) is 11.1. The van der Waals surface area contributed by atoms with Gasteiger partial charge in [-0.25, -0.2) is 13.4 Å². The van der Waals surface area contributed by atoms with Crippen LogP contribution < -0.4 is 5.32 Å². The van der Waals surface area contributed by atoms with Gasteiger partial charge in [-0.2, -0.15) is 0 Å². The summed E-state index contributed by atoms with van der Waals surface area (Å²) in [5.41, 5.74) is 0. The molecule has 0 saturated carbocycles. The number of nitrogens with one attached hydrogen (secondary N) is 1. The van der Waals surface area contributed by atoms with Crippen molar-refractivity contribution in [2.45, 2.75) is 24.7 Å². The Hall–Kier alpha value is -1.67. The molecule has 1 N–H and O–H groups in total. The van der Waals surface area contributed by atoms with Crippen molar-refractivity contribution in [1.82, 2.24) is 14.9 Å². The van der Waals surface area contributed by atoms with Crippen LogP contribution in [-0.4, -0.2) is 30.1 Å². The average Bonchev–Trinajstić information content (AvgIpc) is 2.97. The minimum Gasteiger partial charge on any atom is -0.347 e. The number of aromatic nitrogens is 2. The normalized spacial score (nSPS) is 13.1. The van der Waals surface area contributed by atoms with Gasteiger partial charge in [0.2, 0.25) is 20.9 Å². The molecule has 0 aliphatic heterocycles. The molecule has 0 aliphatic carbocycles. The van der Waals surface area contributed by atoms with Gasteiger partial charge in [0, 0.05) is 23.5 Å². The van der Waals surface area contributed by atoms with Gasteiger partial charge in [0.05, 0.1) is 6.04 Å². The Morgan fingerprint density at radius 2 is 2.30 bits per heavy atom. The third-order valence-corrected chi connectivity index (χ3v) is 4.73. The summed E-state index contributed by atoms with van der Waals surface area (Å²) in [5.74, 6) is -0.256. The molecule has 1 atom stereocenters. The SMILES string of the molecule is CC(NC(=O)Cn1ccnc1S(C)(=O)=O)c1cccs1. The van der Waals surface area contributed by atoms with E-state index in [0.29, 0.717) is 0 Å². The Balaban J connectivity index is 2.04. The Labute approximate surface area is 121 Å². The standard InChI is InChI=1S/C12H15N3O3S2/c1-9(10-4-3-7-19-10)14-11(16)8-15-6-5-13-12(15)20(2,17)18/h3-7,9H,8H2,1-2H3,(H,14,16). The Bertz CT molecular complexity index is 689. The van der Waals surface area contributed by atoms with Crippen molar-refractivity contribution in [2.24, 2.45) is 0 Å². The molecular formula is C12H15N3O3S2. The molecule has 6 nitrogen and oxygen atoms in total. The molecule has 2 aromatic heterocycles. The maximum absolute atomic E-state index is 11.9. The van der Waals surface area contributed by atoms with Gasteiger partial charge in [0.1, 0.15) is 6.54 Å². The summed E-state index contributed by atoms with van der Waals surface area (Å²) in [6.07, 6.45) is 3.91. The average molecular weight is 313 g/mol. The van der Waals surface area contributed by atoms with Crippen molar-refractivity contribution in [3.8, 4) is 0 Å². The quantitative estimate of drug-likeness (QED) is 0.900. The first kappa shape index (κ1) is 14.7. The van der Waals surface area contributed by atoms with E-state index >= 15 is 0 Å². The molecule has 0 saturated heterocycles. The largest absolute Gasteiger partial charge is 0.347 e. The second-order valence-corrected chi connectivity index (χ2v) is 7.30. The fraction of sp³-hybridized carbons (Fsp3) is 0.333. The molecule has 2 heterocycles. The summed E-state index contributed by atoms with van der Waals surface area (Å²) in [6, 6.07) is 3.75. The zero-order chi connectivity index (χ0) is 14.8.